The maximum absolute atomic E-state index is 11.4. The minimum absolute atomic E-state index is 0.0881. The Kier molecular flexibility index (Phi) is 11.2. The molecule has 0 aliphatic heterocycles. The third kappa shape index (κ3) is 9.43. The van der Waals surface area contributed by atoms with Gasteiger partial charge in [0.1, 0.15) is 6.10 Å². The van der Waals surface area contributed by atoms with E-state index in [-0.39, 0.29) is 12.2 Å². The van der Waals surface area contributed by atoms with Gasteiger partial charge in [0.15, 0.2) is 0 Å². The predicted octanol–water partition coefficient (Wildman–Crippen LogP) is 5.26. The fourth-order valence-electron chi connectivity index (χ4n) is 1.80. The summed E-state index contributed by atoms with van der Waals surface area (Å²) in [7, 11) is 0. The van der Waals surface area contributed by atoms with E-state index in [4.69, 9.17) is 4.74 Å². The fraction of sp³-hybridized carbons (Fsp3) is 0.632. The van der Waals surface area contributed by atoms with Crippen molar-refractivity contribution < 1.29 is 9.53 Å². The van der Waals surface area contributed by atoms with Crippen LogP contribution in [0.5, 0.6) is 0 Å². The van der Waals surface area contributed by atoms with Crippen molar-refractivity contribution in [3.05, 3.63) is 35.4 Å². The van der Waals surface area contributed by atoms with E-state index < -0.39 is 0 Å². The van der Waals surface area contributed by atoms with Gasteiger partial charge in [-0.05, 0) is 37.8 Å². The molecule has 2 rings (SSSR count). The lowest BCUT2D eigenvalue weighted by atomic mass is 10.0. The zero-order valence-corrected chi connectivity index (χ0v) is 15.1. The van der Waals surface area contributed by atoms with Crippen molar-refractivity contribution in [1.82, 2.24) is 5.32 Å². The third-order valence-electron chi connectivity index (χ3n) is 2.98. The van der Waals surface area contributed by atoms with Crippen LogP contribution >= 0.6 is 0 Å². The topological polar surface area (TPSA) is 38.3 Å². The van der Waals surface area contributed by atoms with E-state index in [1.165, 1.54) is 17.5 Å². The van der Waals surface area contributed by atoms with E-state index in [1.54, 1.807) is 0 Å². The Morgan fingerprint density at radius 2 is 1.82 bits per heavy atom. The van der Waals surface area contributed by atoms with Crippen molar-refractivity contribution in [3.8, 4) is 0 Å². The van der Waals surface area contributed by atoms with Crippen LogP contribution in [0.25, 0.3) is 0 Å². The van der Waals surface area contributed by atoms with E-state index in [1.807, 2.05) is 32.9 Å². The first-order chi connectivity index (χ1) is 10.6. The highest BCUT2D eigenvalue weighted by Crippen LogP contribution is 2.19. The second-order valence-electron chi connectivity index (χ2n) is 5.47. The third-order valence-corrected chi connectivity index (χ3v) is 2.98. The zero-order chi connectivity index (χ0) is 17.0. The van der Waals surface area contributed by atoms with Crippen LogP contribution in [0.1, 0.15) is 65.0 Å². The largest absolute Gasteiger partial charge is 0.446 e. The second-order valence-corrected chi connectivity index (χ2v) is 5.47. The molecule has 1 atom stereocenters. The zero-order valence-electron chi connectivity index (χ0n) is 15.1. The Hall–Kier alpha value is -1.51. The van der Waals surface area contributed by atoms with Gasteiger partial charge in [-0.3, -0.25) is 0 Å². The standard InChI is InChI=1S/C14H19NO2.C3H8.C2H6/c1-10-5-3-4-6-12(10)9-11(2)17-14(16)15-13-7-8-13;1-3-2;1-2/h3-6,11,13H,7-9H2,1-2H3,(H,15,16);3H2,1-2H3;1-2H3. The van der Waals surface area contributed by atoms with Crippen molar-refractivity contribution in [3.63, 3.8) is 0 Å². The number of benzene rings is 1. The van der Waals surface area contributed by atoms with Crippen LogP contribution < -0.4 is 5.32 Å². The van der Waals surface area contributed by atoms with E-state index in [0.29, 0.717) is 6.04 Å². The highest BCUT2D eigenvalue weighted by molar-refractivity contribution is 5.68. The average Bonchev–Trinajstić information content (AvgIpc) is 3.28. The summed E-state index contributed by atoms with van der Waals surface area (Å²) in [5.41, 5.74) is 2.48. The minimum atomic E-state index is -0.284. The van der Waals surface area contributed by atoms with E-state index in [0.717, 1.165) is 19.3 Å². The molecule has 22 heavy (non-hydrogen) atoms. The maximum atomic E-state index is 11.4. The first-order valence-electron chi connectivity index (χ1n) is 8.58. The Morgan fingerprint density at radius 3 is 2.32 bits per heavy atom. The van der Waals surface area contributed by atoms with Gasteiger partial charge in [-0.1, -0.05) is 58.4 Å². The maximum Gasteiger partial charge on any atom is 0.407 e. The van der Waals surface area contributed by atoms with Crippen molar-refractivity contribution in [1.29, 1.82) is 0 Å². The number of hydrogen-bond donors (Lipinski definition) is 1. The molecule has 1 aliphatic carbocycles. The van der Waals surface area contributed by atoms with E-state index in [9.17, 15) is 4.79 Å². The number of alkyl carbamates (subject to hydrolysis) is 1. The average molecular weight is 307 g/mol. The highest BCUT2D eigenvalue weighted by Gasteiger charge is 2.24. The molecule has 3 nitrogen and oxygen atoms in total. The minimum Gasteiger partial charge on any atom is -0.446 e. The molecule has 1 aliphatic rings. The van der Waals surface area contributed by atoms with Crippen molar-refractivity contribution in [2.75, 3.05) is 0 Å². The molecule has 126 valence electrons. The molecule has 1 saturated carbocycles. The second kappa shape index (κ2) is 12.1. The summed E-state index contributed by atoms with van der Waals surface area (Å²) in [6.07, 6.45) is 3.82. The molecule has 0 heterocycles. The van der Waals surface area contributed by atoms with E-state index >= 15 is 0 Å². The van der Waals surface area contributed by atoms with Crippen LogP contribution in [0, 0.1) is 6.92 Å². The lowest BCUT2D eigenvalue weighted by molar-refractivity contribution is 0.106. The first-order valence-corrected chi connectivity index (χ1v) is 8.58. The Bertz CT molecular complexity index is 414. The number of carbonyl (C=O) groups excluding carboxylic acids is 1. The van der Waals surface area contributed by atoms with Gasteiger partial charge < -0.3 is 10.1 Å². The summed E-state index contributed by atoms with van der Waals surface area (Å²) >= 11 is 0. The quantitative estimate of drug-likeness (QED) is 0.824. The monoisotopic (exact) mass is 307 g/mol. The molecule has 0 bridgehead atoms. The Balaban J connectivity index is 0.000000789. The van der Waals surface area contributed by atoms with Crippen LogP contribution in [-0.4, -0.2) is 18.2 Å². The van der Waals surface area contributed by atoms with Crippen molar-refractivity contribution in [2.24, 2.45) is 0 Å². The van der Waals surface area contributed by atoms with Gasteiger partial charge in [0.05, 0.1) is 0 Å². The number of amides is 1. The Morgan fingerprint density at radius 1 is 1.27 bits per heavy atom. The molecule has 0 radical (unpaired) electrons. The summed E-state index contributed by atoms with van der Waals surface area (Å²) < 4.78 is 5.31. The predicted molar refractivity (Wildman–Crippen MR) is 94.3 cm³/mol. The number of carbonyl (C=O) groups is 1. The van der Waals surface area contributed by atoms with Crippen LogP contribution in [0.15, 0.2) is 24.3 Å². The van der Waals surface area contributed by atoms with Gasteiger partial charge >= 0.3 is 6.09 Å². The van der Waals surface area contributed by atoms with Gasteiger partial charge in [0.25, 0.3) is 0 Å². The highest BCUT2D eigenvalue weighted by atomic mass is 16.6. The van der Waals surface area contributed by atoms with Crippen LogP contribution in [0.2, 0.25) is 0 Å². The molecule has 1 amide bonds. The molecule has 0 saturated heterocycles. The number of nitrogens with one attached hydrogen (secondary N) is 1. The van der Waals surface area contributed by atoms with Crippen LogP contribution in [0.4, 0.5) is 4.79 Å². The molecule has 1 aromatic rings. The molecule has 1 fully saturated rings. The molecular weight excluding hydrogens is 274 g/mol. The smallest absolute Gasteiger partial charge is 0.407 e. The number of rotatable bonds is 4. The molecule has 0 spiro atoms. The summed E-state index contributed by atoms with van der Waals surface area (Å²) in [6, 6.07) is 8.54. The molecule has 1 unspecified atom stereocenters. The molecular formula is C19H33NO2. The lowest BCUT2D eigenvalue weighted by Gasteiger charge is -2.15. The summed E-state index contributed by atoms with van der Waals surface area (Å²) in [5.74, 6) is 0. The number of ether oxygens (including phenoxy) is 1. The molecule has 0 aromatic heterocycles. The summed E-state index contributed by atoms with van der Waals surface area (Å²) in [5, 5.41) is 2.82. The molecule has 1 aromatic carbocycles. The van der Waals surface area contributed by atoms with E-state index in [2.05, 4.69) is 38.2 Å². The first kappa shape index (κ1) is 20.5. The number of hydrogen-bond acceptors (Lipinski definition) is 2. The van der Waals surface area contributed by atoms with Gasteiger partial charge in [-0.2, -0.15) is 0 Å². The van der Waals surface area contributed by atoms with Crippen molar-refractivity contribution in [2.45, 2.75) is 79.4 Å². The van der Waals surface area contributed by atoms with Crippen molar-refractivity contribution >= 4 is 6.09 Å². The van der Waals surface area contributed by atoms with Gasteiger partial charge in [0, 0.05) is 12.5 Å². The van der Waals surface area contributed by atoms with Gasteiger partial charge in [0.2, 0.25) is 0 Å². The van der Waals surface area contributed by atoms with Crippen LogP contribution in [-0.2, 0) is 11.2 Å². The van der Waals surface area contributed by atoms with Gasteiger partial charge in [-0.25, -0.2) is 4.79 Å². The fourth-order valence-corrected chi connectivity index (χ4v) is 1.80. The van der Waals surface area contributed by atoms with Crippen LogP contribution in [0.3, 0.4) is 0 Å². The summed E-state index contributed by atoms with van der Waals surface area (Å²) in [4.78, 5) is 11.4. The number of aryl methyl sites for hydroxylation is 1. The summed E-state index contributed by atoms with van der Waals surface area (Å²) in [6.45, 7) is 12.3. The Labute approximate surface area is 136 Å². The van der Waals surface area contributed by atoms with Gasteiger partial charge in [-0.15, -0.1) is 0 Å². The molecule has 3 heteroatoms. The molecule has 1 N–H and O–H groups in total. The SMILES string of the molecule is CC.CCC.Cc1ccccc1CC(C)OC(=O)NC1CC1. The normalized spacial score (nSPS) is 13.7. The lowest BCUT2D eigenvalue weighted by Crippen LogP contribution is -2.30.